The van der Waals surface area contributed by atoms with Crippen LogP contribution in [0.25, 0.3) is 11.3 Å². The Morgan fingerprint density at radius 2 is 2.22 bits per heavy atom. The molecule has 0 saturated carbocycles. The molecule has 0 atom stereocenters. The van der Waals surface area contributed by atoms with Crippen molar-refractivity contribution in [3.05, 3.63) is 56.5 Å². The van der Waals surface area contributed by atoms with Crippen LogP contribution in [0.2, 0.25) is 0 Å². The Morgan fingerprint density at radius 3 is 2.96 bits per heavy atom. The molecule has 3 nitrogen and oxygen atoms in total. The Hall–Kier alpha value is -1.98. The molecule has 0 bridgehead atoms. The first-order valence-electron chi connectivity index (χ1n) is 7.59. The highest BCUT2D eigenvalue weighted by Gasteiger charge is 2.25. The van der Waals surface area contributed by atoms with Gasteiger partial charge in [-0.15, -0.1) is 22.7 Å². The molecule has 1 amide bonds. The fraction of sp³-hybridized carbons (Fsp3) is 0.222. The zero-order valence-corrected chi connectivity index (χ0v) is 14.4. The molecule has 1 aromatic carbocycles. The van der Waals surface area contributed by atoms with Crippen LogP contribution < -0.4 is 4.90 Å². The van der Waals surface area contributed by atoms with Crippen LogP contribution in [0.15, 0.2) is 41.1 Å². The summed E-state index contributed by atoms with van der Waals surface area (Å²) in [4.78, 5) is 20.2. The summed E-state index contributed by atoms with van der Waals surface area (Å²) in [5.74, 6) is 0.184. The lowest BCUT2D eigenvalue weighted by atomic mass is 10.1. The predicted octanol–water partition coefficient (Wildman–Crippen LogP) is 4.31. The van der Waals surface area contributed by atoms with Crippen LogP contribution >= 0.6 is 22.7 Å². The van der Waals surface area contributed by atoms with Crippen molar-refractivity contribution in [2.24, 2.45) is 0 Å². The third-order valence-corrected chi connectivity index (χ3v) is 5.75. The summed E-state index contributed by atoms with van der Waals surface area (Å²) in [6.07, 6.45) is 1.41. The number of thiophene rings is 1. The summed E-state index contributed by atoms with van der Waals surface area (Å²) in [7, 11) is 0. The lowest BCUT2D eigenvalue weighted by Crippen LogP contribution is -2.30. The van der Waals surface area contributed by atoms with Gasteiger partial charge in [0.25, 0.3) is 0 Å². The van der Waals surface area contributed by atoms with Crippen LogP contribution in [-0.2, 0) is 17.6 Å². The van der Waals surface area contributed by atoms with Crippen molar-refractivity contribution in [1.29, 1.82) is 0 Å². The standard InChI is InChI=1S/C18H16N2OS2/c1-12-19-16(11-23-12)13-4-5-17-14(9-13)6-7-20(17)18(21)10-15-3-2-8-22-15/h2-5,8-9,11H,6-7,10H2,1H3. The molecule has 1 aliphatic heterocycles. The normalized spacial score (nSPS) is 13.3. The van der Waals surface area contributed by atoms with Crippen LogP contribution in [0.5, 0.6) is 0 Å². The first-order chi connectivity index (χ1) is 11.2. The van der Waals surface area contributed by atoms with Crippen molar-refractivity contribution in [2.45, 2.75) is 19.8 Å². The van der Waals surface area contributed by atoms with Gasteiger partial charge >= 0.3 is 0 Å². The van der Waals surface area contributed by atoms with Gasteiger partial charge in [-0.1, -0.05) is 12.1 Å². The lowest BCUT2D eigenvalue weighted by molar-refractivity contribution is -0.117. The molecule has 0 aliphatic carbocycles. The van der Waals surface area contributed by atoms with E-state index in [1.807, 2.05) is 29.3 Å². The fourth-order valence-electron chi connectivity index (χ4n) is 2.97. The first-order valence-corrected chi connectivity index (χ1v) is 9.35. The Kier molecular flexibility index (Phi) is 3.75. The maximum absolute atomic E-state index is 12.6. The second-order valence-corrected chi connectivity index (χ2v) is 7.74. The zero-order chi connectivity index (χ0) is 15.8. The number of carbonyl (C=O) groups excluding carboxylic acids is 1. The maximum atomic E-state index is 12.6. The molecule has 0 spiro atoms. The van der Waals surface area contributed by atoms with E-state index in [1.54, 1.807) is 22.7 Å². The first kappa shape index (κ1) is 14.6. The summed E-state index contributed by atoms with van der Waals surface area (Å²) < 4.78 is 0. The number of amides is 1. The van der Waals surface area contributed by atoms with E-state index < -0.39 is 0 Å². The number of hydrogen-bond acceptors (Lipinski definition) is 4. The zero-order valence-electron chi connectivity index (χ0n) is 12.8. The Labute approximate surface area is 143 Å². The molecule has 0 unspecified atom stereocenters. The van der Waals surface area contributed by atoms with Gasteiger partial charge in [0, 0.05) is 28.1 Å². The molecule has 3 aromatic rings. The molecular formula is C18H16N2OS2. The second-order valence-electron chi connectivity index (χ2n) is 5.65. The minimum atomic E-state index is 0.184. The number of benzene rings is 1. The molecule has 1 aliphatic rings. The number of rotatable bonds is 3. The van der Waals surface area contributed by atoms with Gasteiger partial charge < -0.3 is 4.90 Å². The van der Waals surface area contributed by atoms with E-state index in [-0.39, 0.29) is 5.91 Å². The molecule has 3 heterocycles. The molecule has 0 fully saturated rings. The van der Waals surface area contributed by atoms with Crippen molar-refractivity contribution < 1.29 is 4.79 Å². The van der Waals surface area contributed by atoms with Gasteiger partial charge in [0.2, 0.25) is 5.91 Å². The van der Waals surface area contributed by atoms with Crippen molar-refractivity contribution >= 4 is 34.3 Å². The van der Waals surface area contributed by atoms with Crippen LogP contribution in [0, 0.1) is 6.92 Å². The van der Waals surface area contributed by atoms with Crippen LogP contribution in [0.4, 0.5) is 5.69 Å². The Morgan fingerprint density at radius 1 is 1.30 bits per heavy atom. The average molecular weight is 340 g/mol. The van der Waals surface area contributed by atoms with E-state index in [0.29, 0.717) is 6.42 Å². The Balaban J connectivity index is 1.58. The number of anilines is 1. The number of fused-ring (bicyclic) bond motifs is 1. The van der Waals surface area contributed by atoms with Crippen LogP contribution in [0.1, 0.15) is 15.4 Å². The molecule has 2 aromatic heterocycles. The number of nitrogens with zero attached hydrogens (tertiary/aromatic N) is 2. The summed E-state index contributed by atoms with van der Waals surface area (Å²) in [5, 5.41) is 5.18. The van der Waals surface area contributed by atoms with Crippen molar-refractivity contribution in [2.75, 3.05) is 11.4 Å². The van der Waals surface area contributed by atoms with E-state index in [2.05, 4.69) is 28.6 Å². The van der Waals surface area contributed by atoms with E-state index in [4.69, 9.17) is 0 Å². The Bertz CT molecular complexity index is 852. The highest BCUT2D eigenvalue weighted by Crippen LogP contribution is 2.33. The molecule has 4 rings (SSSR count). The van der Waals surface area contributed by atoms with Gasteiger partial charge in [-0.05, 0) is 42.5 Å². The van der Waals surface area contributed by atoms with E-state index in [9.17, 15) is 4.79 Å². The van der Waals surface area contributed by atoms with Gasteiger partial charge in [-0.25, -0.2) is 4.98 Å². The molecule has 0 saturated heterocycles. The quantitative estimate of drug-likeness (QED) is 0.712. The smallest absolute Gasteiger partial charge is 0.232 e. The molecule has 23 heavy (non-hydrogen) atoms. The van der Waals surface area contributed by atoms with Gasteiger partial charge in [-0.2, -0.15) is 0 Å². The summed E-state index contributed by atoms with van der Waals surface area (Å²) in [5.41, 5.74) is 4.47. The average Bonchev–Trinajstić information content (AvgIpc) is 3.26. The number of thiazole rings is 1. The highest BCUT2D eigenvalue weighted by atomic mass is 32.1. The van der Waals surface area contributed by atoms with Gasteiger partial charge in [0.15, 0.2) is 0 Å². The molecule has 0 radical (unpaired) electrons. The number of aromatic nitrogens is 1. The maximum Gasteiger partial charge on any atom is 0.232 e. The van der Waals surface area contributed by atoms with E-state index >= 15 is 0 Å². The van der Waals surface area contributed by atoms with E-state index in [0.717, 1.165) is 39.8 Å². The highest BCUT2D eigenvalue weighted by molar-refractivity contribution is 7.10. The molecule has 116 valence electrons. The van der Waals surface area contributed by atoms with Crippen molar-refractivity contribution in [1.82, 2.24) is 4.98 Å². The van der Waals surface area contributed by atoms with Gasteiger partial charge in [0.1, 0.15) is 0 Å². The summed E-state index contributed by atoms with van der Waals surface area (Å²) in [6.45, 7) is 2.80. The third-order valence-electron chi connectivity index (χ3n) is 4.10. The van der Waals surface area contributed by atoms with Crippen molar-refractivity contribution in [3.63, 3.8) is 0 Å². The predicted molar refractivity (Wildman–Crippen MR) is 96.4 cm³/mol. The minimum absolute atomic E-state index is 0.184. The summed E-state index contributed by atoms with van der Waals surface area (Å²) in [6, 6.07) is 10.3. The lowest BCUT2D eigenvalue weighted by Gasteiger charge is -2.17. The number of hydrogen-bond donors (Lipinski definition) is 0. The van der Waals surface area contributed by atoms with Gasteiger partial charge in [0.05, 0.1) is 17.1 Å². The SMILES string of the molecule is Cc1nc(-c2ccc3c(c2)CCN3C(=O)Cc2cccs2)cs1. The van der Waals surface area contributed by atoms with Crippen molar-refractivity contribution in [3.8, 4) is 11.3 Å². The number of carbonyl (C=O) groups is 1. The molecule has 0 N–H and O–H groups in total. The van der Waals surface area contributed by atoms with E-state index in [1.165, 1.54) is 5.56 Å². The number of aryl methyl sites for hydroxylation is 1. The fourth-order valence-corrected chi connectivity index (χ4v) is 4.29. The monoisotopic (exact) mass is 340 g/mol. The molecular weight excluding hydrogens is 324 g/mol. The minimum Gasteiger partial charge on any atom is -0.312 e. The van der Waals surface area contributed by atoms with Crippen LogP contribution in [0.3, 0.4) is 0 Å². The van der Waals surface area contributed by atoms with Gasteiger partial charge in [-0.3, -0.25) is 4.79 Å². The topological polar surface area (TPSA) is 33.2 Å². The largest absolute Gasteiger partial charge is 0.312 e. The molecule has 5 heteroatoms. The summed E-state index contributed by atoms with van der Waals surface area (Å²) >= 11 is 3.30. The second kappa shape index (κ2) is 5.91. The third kappa shape index (κ3) is 2.82. The van der Waals surface area contributed by atoms with Crippen LogP contribution in [-0.4, -0.2) is 17.4 Å².